The summed E-state index contributed by atoms with van der Waals surface area (Å²) in [6.07, 6.45) is 0. The van der Waals surface area contributed by atoms with E-state index in [1.54, 1.807) is 0 Å². The Hall–Kier alpha value is -0.120. The summed E-state index contributed by atoms with van der Waals surface area (Å²) in [5, 5.41) is 20.8. The second-order valence-corrected chi connectivity index (χ2v) is 3.81. The van der Waals surface area contributed by atoms with E-state index >= 15 is 0 Å². The molecule has 0 saturated heterocycles. The van der Waals surface area contributed by atoms with Crippen molar-refractivity contribution in [1.82, 2.24) is 5.32 Å². The van der Waals surface area contributed by atoms with E-state index in [0.717, 1.165) is 0 Å². The summed E-state index contributed by atoms with van der Waals surface area (Å²) >= 11 is 0. The first-order chi connectivity index (χ1) is 4.27. The van der Waals surface area contributed by atoms with E-state index in [2.05, 4.69) is 5.32 Å². The first-order valence-electron chi connectivity index (χ1n) is 3.39. The maximum Gasteiger partial charge on any atom is 0.136 e. The van der Waals surface area contributed by atoms with E-state index in [4.69, 9.17) is 5.11 Å². The average Bonchev–Trinajstić information content (AvgIpc) is 1.60. The van der Waals surface area contributed by atoms with Gasteiger partial charge in [0.05, 0.1) is 6.61 Å². The van der Waals surface area contributed by atoms with Crippen LogP contribution in [0, 0.1) is 0 Å². The number of nitrogens with one attached hydrogen (secondary N) is 1. The van der Waals surface area contributed by atoms with Crippen molar-refractivity contribution < 1.29 is 10.2 Å². The quantitative estimate of drug-likeness (QED) is 0.485. The molecule has 0 aliphatic heterocycles. The van der Waals surface area contributed by atoms with Crippen LogP contribution in [0.2, 0.25) is 0 Å². The molecule has 3 N–H and O–H groups in total. The normalized spacial score (nSPS) is 18.6. The fraction of sp³-hybridized carbons (Fsp3) is 1.00. The minimum atomic E-state index is -1.17. The zero-order valence-corrected chi connectivity index (χ0v) is 7.10. The molecule has 3 nitrogen and oxygen atoms in total. The van der Waals surface area contributed by atoms with E-state index in [0.29, 0.717) is 0 Å². The van der Waals surface area contributed by atoms with Gasteiger partial charge in [-0.15, -0.1) is 0 Å². The molecule has 0 bridgehead atoms. The van der Waals surface area contributed by atoms with Crippen LogP contribution in [0.1, 0.15) is 27.7 Å². The van der Waals surface area contributed by atoms with Crippen molar-refractivity contribution in [3.8, 4) is 0 Å². The highest BCUT2D eigenvalue weighted by Gasteiger charge is 2.24. The van der Waals surface area contributed by atoms with Gasteiger partial charge in [-0.2, -0.15) is 0 Å². The molecular formula is C7H17NO2. The molecule has 0 aliphatic rings. The zero-order chi connectivity index (χ0) is 8.41. The van der Waals surface area contributed by atoms with Crippen LogP contribution in [0.25, 0.3) is 0 Å². The summed E-state index contributed by atoms with van der Waals surface area (Å²) in [6, 6.07) is 0. The fourth-order valence-corrected chi connectivity index (χ4v) is 0.847. The van der Waals surface area contributed by atoms with E-state index in [9.17, 15) is 5.11 Å². The Balaban J connectivity index is 3.89. The van der Waals surface area contributed by atoms with Crippen LogP contribution in [-0.2, 0) is 0 Å². The molecule has 1 atom stereocenters. The molecule has 0 aromatic heterocycles. The smallest absolute Gasteiger partial charge is 0.136 e. The van der Waals surface area contributed by atoms with Crippen molar-refractivity contribution in [1.29, 1.82) is 0 Å². The molecule has 0 aromatic carbocycles. The standard InChI is InChI=1S/C7H17NO2/c1-6(2,3)8-7(4,10)5-9/h8-10H,5H2,1-4H3. The number of aliphatic hydroxyl groups is 2. The van der Waals surface area contributed by atoms with Crippen LogP contribution in [0.5, 0.6) is 0 Å². The number of hydrogen-bond acceptors (Lipinski definition) is 3. The molecule has 0 fully saturated rings. The molecule has 0 radical (unpaired) electrons. The van der Waals surface area contributed by atoms with Crippen molar-refractivity contribution in [3.63, 3.8) is 0 Å². The van der Waals surface area contributed by atoms with Gasteiger partial charge in [0.1, 0.15) is 5.72 Å². The van der Waals surface area contributed by atoms with Gasteiger partial charge in [0.2, 0.25) is 0 Å². The summed E-state index contributed by atoms with van der Waals surface area (Å²) in [4.78, 5) is 0. The van der Waals surface area contributed by atoms with Crippen LogP contribution in [0.4, 0.5) is 0 Å². The Morgan fingerprint density at radius 2 is 1.60 bits per heavy atom. The number of aliphatic hydroxyl groups excluding tert-OH is 1. The zero-order valence-electron chi connectivity index (χ0n) is 7.10. The molecule has 62 valence electrons. The first kappa shape index (κ1) is 9.88. The Morgan fingerprint density at radius 3 is 1.70 bits per heavy atom. The van der Waals surface area contributed by atoms with Crippen molar-refractivity contribution in [2.45, 2.75) is 39.0 Å². The highest BCUT2D eigenvalue weighted by molar-refractivity contribution is 4.79. The lowest BCUT2D eigenvalue weighted by atomic mass is 10.1. The average molecular weight is 147 g/mol. The molecule has 0 amide bonds. The summed E-state index contributed by atoms with van der Waals surface area (Å²) in [5.41, 5.74) is -1.34. The highest BCUT2D eigenvalue weighted by Crippen LogP contribution is 2.06. The third-order valence-corrected chi connectivity index (χ3v) is 0.952. The van der Waals surface area contributed by atoms with Gasteiger partial charge in [0.25, 0.3) is 0 Å². The van der Waals surface area contributed by atoms with Crippen LogP contribution in [-0.4, -0.2) is 28.1 Å². The number of rotatable bonds is 2. The van der Waals surface area contributed by atoms with Gasteiger partial charge >= 0.3 is 0 Å². The van der Waals surface area contributed by atoms with Crippen molar-refractivity contribution >= 4 is 0 Å². The molecule has 0 heterocycles. The topological polar surface area (TPSA) is 52.5 Å². The second kappa shape index (κ2) is 2.86. The summed E-state index contributed by atoms with van der Waals surface area (Å²) in [5.74, 6) is 0. The maximum absolute atomic E-state index is 9.30. The van der Waals surface area contributed by atoms with Gasteiger partial charge < -0.3 is 10.2 Å². The van der Waals surface area contributed by atoms with Gasteiger partial charge in [-0.25, -0.2) is 0 Å². The van der Waals surface area contributed by atoms with Crippen LogP contribution in [0.3, 0.4) is 0 Å². The second-order valence-electron chi connectivity index (χ2n) is 3.81. The summed E-state index contributed by atoms with van der Waals surface area (Å²) in [7, 11) is 0. The molecule has 1 unspecified atom stereocenters. The van der Waals surface area contributed by atoms with Gasteiger partial charge in [-0.1, -0.05) is 0 Å². The third kappa shape index (κ3) is 4.73. The Labute approximate surface area is 62.1 Å². The molecule has 0 saturated carbocycles. The minimum Gasteiger partial charge on any atom is -0.392 e. The van der Waals surface area contributed by atoms with Gasteiger partial charge in [-0.05, 0) is 27.7 Å². The van der Waals surface area contributed by atoms with Crippen molar-refractivity contribution in [3.05, 3.63) is 0 Å². The van der Waals surface area contributed by atoms with Crippen molar-refractivity contribution in [2.75, 3.05) is 6.61 Å². The lowest BCUT2D eigenvalue weighted by Crippen LogP contribution is -2.54. The van der Waals surface area contributed by atoms with Gasteiger partial charge in [0.15, 0.2) is 0 Å². The van der Waals surface area contributed by atoms with Gasteiger partial charge in [0, 0.05) is 5.54 Å². The van der Waals surface area contributed by atoms with Gasteiger partial charge in [-0.3, -0.25) is 5.32 Å². The molecule has 0 rings (SSSR count). The summed E-state index contributed by atoms with van der Waals surface area (Å²) in [6.45, 7) is 7.05. The molecule has 10 heavy (non-hydrogen) atoms. The van der Waals surface area contributed by atoms with E-state index in [1.165, 1.54) is 6.92 Å². The Kier molecular flexibility index (Phi) is 2.83. The predicted octanol–water partition coefficient (Wildman–Crippen LogP) is 0.0753. The first-order valence-corrected chi connectivity index (χ1v) is 3.39. The van der Waals surface area contributed by atoms with E-state index in [-0.39, 0.29) is 12.1 Å². The monoisotopic (exact) mass is 147 g/mol. The largest absolute Gasteiger partial charge is 0.392 e. The lowest BCUT2D eigenvalue weighted by molar-refractivity contribution is -0.0445. The van der Waals surface area contributed by atoms with Crippen LogP contribution >= 0.6 is 0 Å². The minimum absolute atomic E-state index is 0.174. The Bertz CT molecular complexity index is 105. The number of hydrogen-bond donors (Lipinski definition) is 3. The van der Waals surface area contributed by atoms with Crippen LogP contribution in [0.15, 0.2) is 0 Å². The molecule has 0 aliphatic carbocycles. The van der Waals surface area contributed by atoms with Crippen molar-refractivity contribution in [2.24, 2.45) is 0 Å². The fourth-order valence-electron chi connectivity index (χ4n) is 0.847. The lowest BCUT2D eigenvalue weighted by Gasteiger charge is -2.31. The molecule has 0 aromatic rings. The van der Waals surface area contributed by atoms with E-state index in [1.807, 2.05) is 20.8 Å². The third-order valence-electron chi connectivity index (χ3n) is 0.952. The molecular weight excluding hydrogens is 130 g/mol. The maximum atomic E-state index is 9.30. The predicted molar refractivity (Wildman–Crippen MR) is 40.6 cm³/mol. The Morgan fingerprint density at radius 1 is 1.20 bits per heavy atom. The van der Waals surface area contributed by atoms with Crippen LogP contribution < -0.4 is 5.32 Å². The highest BCUT2D eigenvalue weighted by atomic mass is 16.3. The summed E-state index contributed by atoms with van der Waals surface area (Å²) < 4.78 is 0. The molecule has 0 spiro atoms. The van der Waals surface area contributed by atoms with E-state index < -0.39 is 5.72 Å². The SMILES string of the molecule is CC(C)(C)NC(C)(O)CO. The molecule has 3 heteroatoms.